The van der Waals surface area contributed by atoms with Gasteiger partial charge in [-0.15, -0.1) is 0 Å². The van der Waals surface area contributed by atoms with Gasteiger partial charge in [0.05, 0.1) is 17.5 Å². The highest BCUT2D eigenvalue weighted by atomic mass is 19.1. The molecule has 0 aliphatic rings. The molecule has 1 aromatic heterocycles. The Balaban J connectivity index is 2.60. The number of hydrogen-bond acceptors (Lipinski definition) is 4. The molecule has 4 nitrogen and oxygen atoms in total. The number of likely N-dealkylation sites (N-methyl/N-ethyl adjacent to an activating group) is 1. The fourth-order valence-electron chi connectivity index (χ4n) is 2.13. The minimum Gasteiger partial charge on any atom is -0.388 e. The van der Waals surface area contributed by atoms with Crippen molar-refractivity contribution in [3.8, 4) is 0 Å². The molecule has 2 N–H and O–H groups in total. The zero-order valence-corrected chi connectivity index (χ0v) is 12.2. The Bertz CT molecular complexity index is 379. The molecule has 0 spiro atoms. The first-order chi connectivity index (χ1) is 8.84. The number of hydrogen-bond donors (Lipinski definition) is 2. The molecule has 5 heteroatoms. The van der Waals surface area contributed by atoms with Crippen LogP contribution in [-0.4, -0.2) is 47.8 Å². The summed E-state index contributed by atoms with van der Waals surface area (Å²) in [6.07, 6.45) is 2.05. The SMILES string of the molecule is CCC(NCC(C)(O)CN(C)C)c1ccc(F)cn1. The highest BCUT2D eigenvalue weighted by molar-refractivity contribution is 5.09. The number of halogens is 1. The third-order valence-corrected chi connectivity index (χ3v) is 2.90. The number of aliphatic hydroxyl groups is 1. The predicted octanol–water partition coefficient (Wildman–Crippen LogP) is 1.57. The summed E-state index contributed by atoms with van der Waals surface area (Å²) in [7, 11) is 3.85. The first kappa shape index (κ1) is 16.0. The lowest BCUT2D eigenvalue weighted by Gasteiger charge is -2.29. The number of pyridine rings is 1. The van der Waals surface area contributed by atoms with Crippen LogP contribution in [0.25, 0.3) is 0 Å². The van der Waals surface area contributed by atoms with E-state index in [0.717, 1.165) is 12.1 Å². The van der Waals surface area contributed by atoms with Crippen molar-refractivity contribution in [3.05, 3.63) is 29.8 Å². The minimum atomic E-state index is -0.809. The fraction of sp³-hybridized carbons (Fsp3) is 0.643. The van der Waals surface area contributed by atoms with Crippen LogP contribution in [0.3, 0.4) is 0 Å². The van der Waals surface area contributed by atoms with E-state index in [4.69, 9.17) is 0 Å². The average Bonchev–Trinajstić information content (AvgIpc) is 2.30. The van der Waals surface area contributed by atoms with Gasteiger partial charge in [0.15, 0.2) is 0 Å². The molecule has 2 unspecified atom stereocenters. The van der Waals surface area contributed by atoms with Crippen molar-refractivity contribution >= 4 is 0 Å². The second-order valence-electron chi connectivity index (χ2n) is 5.48. The third kappa shape index (κ3) is 5.63. The largest absolute Gasteiger partial charge is 0.388 e. The van der Waals surface area contributed by atoms with Gasteiger partial charge in [0.25, 0.3) is 0 Å². The summed E-state index contributed by atoms with van der Waals surface area (Å²) in [6.45, 7) is 4.87. The van der Waals surface area contributed by atoms with Crippen LogP contribution in [0.4, 0.5) is 4.39 Å². The summed E-state index contributed by atoms with van der Waals surface area (Å²) in [5, 5.41) is 13.5. The molecule has 0 amide bonds. The predicted molar refractivity (Wildman–Crippen MR) is 74.4 cm³/mol. The van der Waals surface area contributed by atoms with Gasteiger partial charge in [0.2, 0.25) is 0 Å². The summed E-state index contributed by atoms with van der Waals surface area (Å²) in [6, 6.07) is 3.11. The highest BCUT2D eigenvalue weighted by Gasteiger charge is 2.23. The maximum Gasteiger partial charge on any atom is 0.141 e. The summed E-state index contributed by atoms with van der Waals surface area (Å²) < 4.78 is 12.8. The van der Waals surface area contributed by atoms with Gasteiger partial charge in [-0.3, -0.25) is 4.98 Å². The molecule has 0 aliphatic heterocycles. The van der Waals surface area contributed by atoms with Crippen LogP contribution in [0.15, 0.2) is 18.3 Å². The third-order valence-electron chi connectivity index (χ3n) is 2.90. The van der Waals surface area contributed by atoms with E-state index in [2.05, 4.69) is 10.3 Å². The molecular formula is C14H24FN3O. The van der Waals surface area contributed by atoms with Gasteiger partial charge < -0.3 is 15.3 Å². The quantitative estimate of drug-likeness (QED) is 0.789. The van der Waals surface area contributed by atoms with Crippen LogP contribution < -0.4 is 5.32 Å². The van der Waals surface area contributed by atoms with Gasteiger partial charge >= 0.3 is 0 Å². The van der Waals surface area contributed by atoms with Crippen molar-refractivity contribution in [2.24, 2.45) is 0 Å². The summed E-state index contributed by atoms with van der Waals surface area (Å²) in [5.74, 6) is -0.335. The van der Waals surface area contributed by atoms with E-state index in [1.807, 2.05) is 25.9 Å². The van der Waals surface area contributed by atoms with Gasteiger partial charge in [-0.1, -0.05) is 6.92 Å². The minimum absolute atomic E-state index is 0.0224. The molecule has 0 radical (unpaired) electrons. The number of nitrogens with zero attached hydrogens (tertiary/aromatic N) is 2. The second-order valence-corrected chi connectivity index (χ2v) is 5.48. The molecular weight excluding hydrogens is 245 g/mol. The molecule has 0 saturated carbocycles. The summed E-state index contributed by atoms with van der Waals surface area (Å²) >= 11 is 0. The Kier molecular flexibility index (Phi) is 5.85. The molecule has 108 valence electrons. The molecule has 0 aromatic carbocycles. The second kappa shape index (κ2) is 6.93. The molecule has 1 rings (SSSR count). The van der Waals surface area contributed by atoms with E-state index in [1.165, 1.54) is 12.3 Å². The molecule has 0 bridgehead atoms. The highest BCUT2D eigenvalue weighted by Crippen LogP contribution is 2.15. The molecule has 2 atom stereocenters. The van der Waals surface area contributed by atoms with Crippen molar-refractivity contribution in [1.82, 2.24) is 15.2 Å². The van der Waals surface area contributed by atoms with E-state index in [1.54, 1.807) is 13.0 Å². The van der Waals surface area contributed by atoms with E-state index >= 15 is 0 Å². The maximum absolute atomic E-state index is 12.8. The normalized spacial score (nSPS) is 16.4. The van der Waals surface area contributed by atoms with Gasteiger partial charge in [0, 0.05) is 19.1 Å². The van der Waals surface area contributed by atoms with E-state index < -0.39 is 5.60 Å². The first-order valence-corrected chi connectivity index (χ1v) is 6.56. The van der Waals surface area contributed by atoms with Crippen LogP contribution in [0, 0.1) is 5.82 Å². The van der Waals surface area contributed by atoms with Crippen LogP contribution in [-0.2, 0) is 0 Å². The Morgan fingerprint density at radius 3 is 2.63 bits per heavy atom. The van der Waals surface area contributed by atoms with Gasteiger partial charge in [-0.05, 0) is 39.6 Å². The molecule has 0 aliphatic carbocycles. The Hall–Kier alpha value is -1.04. The van der Waals surface area contributed by atoms with Crippen LogP contribution in [0.5, 0.6) is 0 Å². The van der Waals surface area contributed by atoms with Crippen molar-refractivity contribution in [2.45, 2.75) is 31.9 Å². The zero-order chi connectivity index (χ0) is 14.5. The molecule has 1 aromatic rings. The Morgan fingerprint density at radius 2 is 2.16 bits per heavy atom. The Morgan fingerprint density at radius 1 is 1.47 bits per heavy atom. The monoisotopic (exact) mass is 269 g/mol. The van der Waals surface area contributed by atoms with Crippen LogP contribution >= 0.6 is 0 Å². The van der Waals surface area contributed by atoms with Crippen molar-refractivity contribution in [2.75, 3.05) is 27.2 Å². The van der Waals surface area contributed by atoms with Crippen LogP contribution in [0.1, 0.15) is 32.0 Å². The van der Waals surface area contributed by atoms with Gasteiger partial charge in [-0.25, -0.2) is 4.39 Å². The van der Waals surface area contributed by atoms with Crippen molar-refractivity contribution in [1.29, 1.82) is 0 Å². The Labute approximate surface area is 114 Å². The first-order valence-electron chi connectivity index (χ1n) is 6.56. The van der Waals surface area contributed by atoms with Crippen molar-refractivity contribution < 1.29 is 9.50 Å². The average molecular weight is 269 g/mol. The molecule has 0 saturated heterocycles. The molecule has 0 fully saturated rings. The smallest absolute Gasteiger partial charge is 0.141 e. The standard InChI is InChI=1S/C14H24FN3O/c1-5-12(13-7-6-11(15)8-16-13)17-9-14(2,19)10-18(3)4/h6-8,12,17,19H,5,9-10H2,1-4H3. The molecule has 19 heavy (non-hydrogen) atoms. The van der Waals surface area contributed by atoms with Gasteiger partial charge in [0.1, 0.15) is 5.82 Å². The summed E-state index contributed by atoms with van der Waals surface area (Å²) in [5.41, 5.74) is -0.0127. The number of nitrogens with one attached hydrogen (secondary N) is 1. The molecule has 1 heterocycles. The van der Waals surface area contributed by atoms with E-state index in [0.29, 0.717) is 13.1 Å². The number of rotatable bonds is 7. The topological polar surface area (TPSA) is 48.4 Å². The lowest BCUT2D eigenvalue weighted by molar-refractivity contribution is 0.0310. The lowest BCUT2D eigenvalue weighted by Crippen LogP contribution is -2.46. The fourth-order valence-corrected chi connectivity index (χ4v) is 2.13. The lowest BCUT2D eigenvalue weighted by atomic mass is 10.0. The van der Waals surface area contributed by atoms with Crippen molar-refractivity contribution in [3.63, 3.8) is 0 Å². The maximum atomic E-state index is 12.8. The summed E-state index contributed by atoms with van der Waals surface area (Å²) in [4.78, 5) is 6.02. The van der Waals surface area contributed by atoms with Gasteiger partial charge in [-0.2, -0.15) is 0 Å². The van der Waals surface area contributed by atoms with Crippen LogP contribution in [0.2, 0.25) is 0 Å². The number of aromatic nitrogens is 1. The van der Waals surface area contributed by atoms with E-state index in [-0.39, 0.29) is 11.9 Å². The zero-order valence-electron chi connectivity index (χ0n) is 12.2. The van der Waals surface area contributed by atoms with E-state index in [9.17, 15) is 9.50 Å².